The fraction of sp³-hybridized carbons (Fsp3) is 0.200. The molecule has 3 heterocycles. The minimum absolute atomic E-state index is 0. The van der Waals surface area contributed by atoms with Crippen molar-refractivity contribution in [3.8, 4) is 0 Å². The second-order valence-corrected chi connectivity index (χ2v) is 8.53. The lowest BCUT2D eigenvalue weighted by atomic mass is 10.1. The molecule has 0 radical (unpaired) electrons. The largest absolute Gasteiger partial charge is 0.461 e. The third-order valence-corrected chi connectivity index (χ3v) is 6.78. The number of para-hydroxylation sites is 1. The van der Waals surface area contributed by atoms with Crippen LogP contribution in [0.5, 0.6) is 0 Å². The number of halogens is 1. The number of hydrogen-bond donors (Lipinski definition) is 1. The van der Waals surface area contributed by atoms with Crippen molar-refractivity contribution < 1.29 is 12.8 Å². The first-order chi connectivity index (χ1) is 12.6. The van der Waals surface area contributed by atoms with Crippen LogP contribution in [0.2, 0.25) is 0 Å². The smallest absolute Gasteiger partial charge is 0.268 e. The molecule has 0 unspecified atom stereocenters. The van der Waals surface area contributed by atoms with Gasteiger partial charge >= 0.3 is 0 Å². The Labute approximate surface area is 163 Å². The molecule has 0 aliphatic carbocycles. The predicted molar refractivity (Wildman–Crippen MR) is 108 cm³/mol. The molecule has 0 amide bonds. The quantitative estimate of drug-likeness (QED) is 0.550. The normalized spacial score (nSPS) is 14.3. The lowest BCUT2D eigenvalue weighted by molar-refractivity contribution is 0.500. The van der Waals surface area contributed by atoms with E-state index in [1.54, 1.807) is 24.4 Å². The SMILES string of the molecule is Cc1cn(S(=O)(=O)c2ccc3oc4c(c3c2)CNCC4)c2ccccc12.Cl. The molecule has 0 saturated heterocycles. The van der Waals surface area contributed by atoms with Gasteiger partial charge in [0, 0.05) is 42.0 Å². The summed E-state index contributed by atoms with van der Waals surface area (Å²) in [5.74, 6) is 0.954. The lowest BCUT2D eigenvalue weighted by Crippen LogP contribution is -2.22. The van der Waals surface area contributed by atoms with Gasteiger partial charge in [0.15, 0.2) is 0 Å². The number of aromatic nitrogens is 1. The summed E-state index contributed by atoms with van der Waals surface area (Å²) in [6.07, 6.45) is 2.52. The van der Waals surface area contributed by atoms with Crippen molar-refractivity contribution in [3.05, 3.63) is 65.5 Å². The average molecular weight is 403 g/mol. The number of aryl methyl sites for hydroxylation is 1. The summed E-state index contributed by atoms with van der Waals surface area (Å²) < 4.78 is 33.9. The molecule has 0 atom stereocenters. The van der Waals surface area contributed by atoms with Gasteiger partial charge in [-0.2, -0.15) is 0 Å². The molecule has 1 aliphatic heterocycles. The Balaban J connectivity index is 0.00000180. The summed E-state index contributed by atoms with van der Waals surface area (Å²) in [6.45, 7) is 3.51. The van der Waals surface area contributed by atoms with Gasteiger partial charge in [-0.15, -0.1) is 12.4 Å². The van der Waals surface area contributed by atoms with Crippen molar-refractivity contribution in [1.82, 2.24) is 9.29 Å². The molecular weight excluding hydrogens is 384 g/mol. The molecule has 1 aliphatic rings. The van der Waals surface area contributed by atoms with Crippen LogP contribution < -0.4 is 5.32 Å². The second-order valence-electron chi connectivity index (χ2n) is 6.72. The zero-order chi connectivity index (χ0) is 17.9. The molecule has 0 fully saturated rings. The summed E-state index contributed by atoms with van der Waals surface area (Å²) in [6, 6.07) is 12.7. The molecule has 27 heavy (non-hydrogen) atoms. The predicted octanol–water partition coefficient (Wildman–Crippen LogP) is 4.00. The number of nitrogens with zero attached hydrogens (tertiary/aromatic N) is 1. The topological polar surface area (TPSA) is 64.2 Å². The highest BCUT2D eigenvalue weighted by Gasteiger charge is 2.23. The van der Waals surface area contributed by atoms with Crippen molar-refractivity contribution in [2.45, 2.75) is 24.8 Å². The maximum atomic E-state index is 13.3. The molecule has 2 aromatic carbocycles. The van der Waals surface area contributed by atoms with Gasteiger partial charge in [-0.25, -0.2) is 12.4 Å². The van der Waals surface area contributed by atoms with E-state index in [-0.39, 0.29) is 17.3 Å². The van der Waals surface area contributed by atoms with E-state index >= 15 is 0 Å². The fourth-order valence-corrected chi connectivity index (χ4v) is 5.23. The van der Waals surface area contributed by atoms with Crippen LogP contribution >= 0.6 is 12.4 Å². The first-order valence-electron chi connectivity index (χ1n) is 8.63. The van der Waals surface area contributed by atoms with Crippen LogP contribution in [0.15, 0.2) is 58.0 Å². The van der Waals surface area contributed by atoms with E-state index < -0.39 is 10.0 Å². The van der Waals surface area contributed by atoms with Crippen LogP contribution in [0, 0.1) is 6.92 Å². The highest BCUT2D eigenvalue weighted by atomic mass is 35.5. The number of fused-ring (bicyclic) bond motifs is 4. The van der Waals surface area contributed by atoms with Crippen LogP contribution in [-0.2, 0) is 23.0 Å². The molecule has 4 aromatic rings. The maximum absolute atomic E-state index is 13.3. The Kier molecular flexibility index (Phi) is 4.29. The summed E-state index contributed by atoms with van der Waals surface area (Å²) in [4.78, 5) is 0.278. The Morgan fingerprint density at radius 2 is 1.93 bits per heavy atom. The van der Waals surface area contributed by atoms with Crippen molar-refractivity contribution in [2.24, 2.45) is 0 Å². The van der Waals surface area contributed by atoms with Crippen molar-refractivity contribution in [3.63, 3.8) is 0 Å². The number of nitrogens with one attached hydrogen (secondary N) is 1. The Morgan fingerprint density at radius 3 is 2.78 bits per heavy atom. The molecule has 0 bridgehead atoms. The molecule has 0 spiro atoms. The van der Waals surface area contributed by atoms with Crippen LogP contribution in [0.25, 0.3) is 21.9 Å². The van der Waals surface area contributed by atoms with E-state index in [0.717, 1.165) is 46.2 Å². The van der Waals surface area contributed by atoms with Gasteiger partial charge in [-0.05, 0) is 36.8 Å². The highest BCUT2D eigenvalue weighted by Crippen LogP contribution is 2.32. The average Bonchev–Trinajstić information content (AvgIpc) is 3.20. The molecular formula is C20H19ClN2O3S. The van der Waals surface area contributed by atoms with Gasteiger partial charge in [-0.3, -0.25) is 0 Å². The first-order valence-corrected chi connectivity index (χ1v) is 10.1. The van der Waals surface area contributed by atoms with Crippen molar-refractivity contribution in [1.29, 1.82) is 0 Å². The van der Waals surface area contributed by atoms with E-state index in [1.807, 2.05) is 31.2 Å². The van der Waals surface area contributed by atoms with E-state index in [0.29, 0.717) is 12.1 Å². The molecule has 7 heteroatoms. The molecule has 140 valence electrons. The van der Waals surface area contributed by atoms with Crippen molar-refractivity contribution >= 4 is 44.3 Å². The van der Waals surface area contributed by atoms with Crippen LogP contribution in [0.3, 0.4) is 0 Å². The number of benzene rings is 2. The minimum atomic E-state index is -3.69. The minimum Gasteiger partial charge on any atom is -0.461 e. The van der Waals surface area contributed by atoms with E-state index in [4.69, 9.17) is 4.42 Å². The molecule has 5 rings (SSSR count). The summed E-state index contributed by atoms with van der Waals surface area (Å²) in [5.41, 5.74) is 3.44. The Hall–Kier alpha value is -2.28. The van der Waals surface area contributed by atoms with Gasteiger partial charge in [0.2, 0.25) is 0 Å². The van der Waals surface area contributed by atoms with Crippen LogP contribution in [0.4, 0.5) is 0 Å². The lowest BCUT2D eigenvalue weighted by Gasteiger charge is -2.11. The molecule has 1 N–H and O–H groups in total. The van der Waals surface area contributed by atoms with Gasteiger partial charge in [0.1, 0.15) is 11.3 Å². The monoisotopic (exact) mass is 402 g/mol. The number of furan rings is 1. The van der Waals surface area contributed by atoms with Gasteiger partial charge in [0.25, 0.3) is 10.0 Å². The third-order valence-electron chi connectivity index (χ3n) is 5.11. The summed E-state index contributed by atoms with van der Waals surface area (Å²) >= 11 is 0. The Morgan fingerprint density at radius 1 is 1.11 bits per heavy atom. The maximum Gasteiger partial charge on any atom is 0.268 e. The fourth-order valence-electron chi connectivity index (χ4n) is 3.78. The summed E-state index contributed by atoms with van der Waals surface area (Å²) in [5, 5.41) is 5.14. The standard InChI is InChI=1S/C20H18N2O3S.ClH/c1-13-12-22(18-5-3-2-4-15(13)18)26(23,24)14-6-7-19-16(10-14)17-11-21-9-8-20(17)25-19;/h2-7,10,12,21H,8-9,11H2,1H3;1H. The van der Waals surface area contributed by atoms with Gasteiger partial charge in [0.05, 0.1) is 10.4 Å². The zero-order valence-electron chi connectivity index (χ0n) is 14.7. The molecule has 5 nitrogen and oxygen atoms in total. The highest BCUT2D eigenvalue weighted by molar-refractivity contribution is 7.90. The Bertz CT molecular complexity index is 1270. The van der Waals surface area contributed by atoms with E-state index in [9.17, 15) is 8.42 Å². The van der Waals surface area contributed by atoms with Gasteiger partial charge in [-0.1, -0.05) is 18.2 Å². The zero-order valence-corrected chi connectivity index (χ0v) is 16.4. The van der Waals surface area contributed by atoms with Gasteiger partial charge < -0.3 is 9.73 Å². The third kappa shape index (κ3) is 2.67. The van der Waals surface area contributed by atoms with Crippen LogP contribution in [0.1, 0.15) is 16.9 Å². The number of rotatable bonds is 2. The van der Waals surface area contributed by atoms with Crippen LogP contribution in [-0.4, -0.2) is 18.9 Å². The summed E-state index contributed by atoms with van der Waals surface area (Å²) in [7, 11) is -3.69. The second kappa shape index (κ2) is 6.41. The molecule has 0 saturated carbocycles. The van der Waals surface area contributed by atoms with E-state index in [1.165, 1.54) is 3.97 Å². The first kappa shape index (κ1) is 18.1. The molecule has 2 aromatic heterocycles. The van der Waals surface area contributed by atoms with E-state index in [2.05, 4.69) is 5.32 Å². The number of hydrogen-bond acceptors (Lipinski definition) is 4. The van der Waals surface area contributed by atoms with Crippen molar-refractivity contribution in [2.75, 3.05) is 6.54 Å².